The molecule has 1 amide bonds. The Morgan fingerprint density at radius 2 is 1.74 bits per heavy atom. The highest BCUT2D eigenvalue weighted by molar-refractivity contribution is 6.04. The molecule has 0 saturated carbocycles. The third kappa shape index (κ3) is 5.71. The number of ketones is 1. The fourth-order valence-corrected chi connectivity index (χ4v) is 3.02. The second kappa shape index (κ2) is 10.4. The Morgan fingerprint density at radius 1 is 1.10 bits per heavy atom. The highest BCUT2D eigenvalue weighted by Gasteiger charge is 2.27. The molecule has 1 aromatic carbocycles. The van der Waals surface area contributed by atoms with Crippen LogP contribution < -0.4 is 10.1 Å². The maximum absolute atomic E-state index is 12.7. The van der Waals surface area contributed by atoms with Crippen LogP contribution in [0, 0.1) is 13.8 Å². The van der Waals surface area contributed by atoms with Crippen LogP contribution in [0.3, 0.4) is 0 Å². The van der Waals surface area contributed by atoms with Crippen molar-refractivity contribution >= 4 is 23.6 Å². The number of hydrogen-bond donors (Lipinski definition) is 2. The van der Waals surface area contributed by atoms with Crippen LogP contribution in [0.15, 0.2) is 24.3 Å². The maximum Gasteiger partial charge on any atom is 0.339 e. The first-order valence-electron chi connectivity index (χ1n) is 9.71. The lowest BCUT2D eigenvalue weighted by molar-refractivity contribution is -0.145. The molecule has 0 aliphatic heterocycles. The van der Waals surface area contributed by atoms with Crippen molar-refractivity contribution in [2.45, 2.75) is 33.8 Å². The second-order valence-corrected chi connectivity index (χ2v) is 6.75. The summed E-state index contributed by atoms with van der Waals surface area (Å²) in [5, 5.41) is 2.45. The Labute approximate surface area is 180 Å². The first-order valence-corrected chi connectivity index (χ1v) is 9.71. The summed E-state index contributed by atoms with van der Waals surface area (Å²) >= 11 is 0. The third-order valence-corrected chi connectivity index (χ3v) is 4.57. The zero-order valence-electron chi connectivity index (χ0n) is 18.2. The zero-order valence-corrected chi connectivity index (χ0v) is 18.2. The van der Waals surface area contributed by atoms with Crippen molar-refractivity contribution in [2.24, 2.45) is 0 Å². The van der Waals surface area contributed by atoms with E-state index in [1.54, 1.807) is 38.1 Å². The normalized spacial score (nSPS) is 11.4. The minimum absolute atomic E-state index is 0.164. The molecular formula is C22H26N2O7. The van der Waals surface area contributed by atoms with Crippen LogP contribution in [0.5, 0.6) is 5.75 Å². The molecule has 0 spiro atoms. The molecule has 0 aliphatic rings. The van der Waals surface area contributed by atoms with Crippen molar-refractivity contribution in [3.8, 4) is 5.75 Å². The summed E-state index contributed by atoms with van der Waals surface area (Å²) in [7, 11) is 1.25. The predicted molar refractivity (Wildman–Crippen MR) is 111 cm³/mol. The fraction of sp³-hybridized carbons (Fsp3) is 0.364. The largest absolute Gasteiger partial charge is 0.494 e. The van der Waals surface area contributed by atoms with E-state index in [-0.39, 0.29) is 11.3 Å². The summed E-state index contributed by atoms with van der Waals surface area (Å²) in [6.45, 7) is 6.63. The van der Waals surface area contributed by atoms with Gasteiger partial charge in [0.2, 0.25) is 5.78 Å². The molecule has 1 heterocycles. The first kappa shape index (κ1) is 23.7. The number of esters is 2. The molecular weight excluding hydrogens is 404 g/mol. The van der Waals surface area contributed by atoms with Crippen LogP contribution in [0.4, 0.5) is 0 Å². The van der Waals surface area contributed by atoms with E-state index in [1.807, 2.05) is 6.92 Å². The number of ether oxygens (including phenoxy) is 3. The van der Waals surface area contributed by atoms with Crippen LogP contribution in [0.2, 0.25) is 0 Å². The number of carbonyl (C=O) groups excluding carboxylic acids is 4. The second-order valence-electron chi connectivity index (χ2n) is 6.75. The van der Waals surface area contributed by atoms with E-state index in [9.17, 15) is 19.2 Å². The van der Waals surface area contributed by atoms with Gasteiger partial charge in [-0.2, -0.15) is 0 Å². The predicted octanol–water partition coefficient (Wildman–Crippen LogP) is 2.36. The average molecular weight is 430 g/mol. The van der Waals surface area contributed by atoms with Crippen LogP contribution in [0.25, 0.3) is 0 Å². The van der Waals surface area contributed by atoms with Gasteiger partial charge in [0.05, 0.1) is 25.0 Å². The summed E-state index contributed by atoms with van der Waals surface area (Å²) in [4.78, 5) is 51.6. The van der Waals surface area contributed by atoms with E-state index in [2.05, 4.69) is 10.3 Å². The molecule has 0 radical (unpaired) electrons. The number of benzene rings is 1. The summed E-state index contributed by atoms with van der Waals surface area (Å²) in [5.74, 6) is -1.66. The van der Waals surface area contributed by atoms with Gasteiger partial charge in [0.1, 0.15) is 12.3 Å². The summed E-state index contributed by atoms with van der Waals surface area (Å²) < 4.78 is 15.2. The van der Waals surface area contributed by atoms with Crippen LogP contribution in [-0.4, -0.2) is 55.0 Å². The summed E-state index contributed by atoms with van der Waals surface area (Å²) in [5.41, 5.74) is 1.69. The molecule has 2 aromatic rings. The first-order chi connectivity index (χ1) is 14.7. The van der Waals surface area contributed by atoms with Gasteiger partial charge < -0.3 is 24.5 Å². The quantitative estimate of drug-likeness (QED) is 0.462. The number of rotatable bonds is 9. The molecule has 1 aromatic heterocycles. The highest BCUT2D eigenvalue weighted by Crippen LogP contribution is 2.20. The van der Waals surface area contributed by atoms with Crippen molar-refractivity contribution in [3.63, 3.8) is 0 Å². The number of aryl methyl sites for hydroxylation is 1. The van der Waals surface area contributed by atoms with Crippen LogP contribution >= 0.6 is 0 Å². The number of aromatic nitrogens is 1. The number of Topliss-reactive ketones (excluding diaryl/α,β-unsaturated/α-hetero) is 1. The van der Waals surface area contributed by atoms with E-state index in [1.165, 1.54) is 14.0 Å². The molecule has 1 unspecified atom stereocenters. The van der Waals surface area contributed by atoms with Gasteiger partial charge in [-0.3, -0.25) is 14.4 Å². The fourth-order valence-electron chi connectivity index (χ4n) is 3.02. The standard InChI is InChI=1S/C22H26N2O7/c1-6-30-16-9-7-15(8-10-16)21(27)23-11-17(25)31-14(4)20(26)19-12(2)18(13(3)24-19)22(28)29-5/h7-10,14,24H,6,11H2,1-5H3,(H,23,27). The van der Waals surface area contributed by atoms with Crippen LogP contribution in [-0.2, 0) is 14.3 Å². The lowest BCUT2D eigenvalue weighted by atomic mass is 10.1. The van der Waals surface area contributed by atoms with Gasteiger partial charge in [-0.1, -0.05) is 0 Å². The molecule has 9 nitrogen and oxygen atoms in total. The molecule has 0 fully saturated rings. The van der Waals surface area contributed by atoms with Gasteiger partial charge >= 0.3 is 11.9 Å². The monoisotopic (exact) mass is 430 g/mol. The van der Waals surface area contributed by atoms with Gasteiger partial charge in [0, 0.05) is 11.3 Å². The smallest absolute Gasteiger partial charge is 0.339 e. The Bertz CT molecular complexity index is 976. The van der Waals surface area contributed by atoms with Gasteiger partial charge in [-0.15, -0.1) is 0 Å². The van der Waals surface area contributed by atoms with Gasteiger partial charge in [0.15, 0.2) is 6.10 Å². The van der Waals surface area contributed by atoms with Gasteiger partial charge in [0.25, 0.3) is 5.91 Å². The average Bonchev–Trinajstić information content (AvgIpc) is 3.05. The minimum atomic E-state index is -1.11. The van der Waals surface area contributed by atoms with Gasteiger partial charge in [-0.05, 0) is 57.5 Å². The highest BCUT2D eigenvalue weighted by atomic mass is 16.5. The SMILES string of the molecule is CCOc1ccc(C(=O)NCC(=O)OC(C)C(=O)c2[nH]c(C)c(C(=O)OC)c2C)cc1. The molecule has 2 N–H and O–H groups in total. The van der Waals surface area contributed by atoms with E-state index in [4.69, 9.17) is 14.2 Å². The topological polar surface area (TPSA) is 124 Å². The van der Waals surface area contributed by atoms with E-state index >= 15 is 0 Å². The van der Waals surface area contributed by atoms with Crippen molar-refractivity contribution in [3.05, 3.63) is 52.3 Å². The number of hydrogen-bond acceptors (Lipinski definition) is 7. The summed E-state index contributed by atoms with van der Waals surface area (Å²) in [6, 6.07) is 6.46. The lowest BCUT2D eigenvalue weighted by Gasteiger charge is -2.13. The Hall–Kier alpha value is -3.62. The zero-order chi connectivity index (χ0) is 23.1. The Kier molecular flexibility index (Phi) is 7.95. The minimum Gasteiger partial charge on any atom is -0.494 e. The third-order valence-electron chi connectivity index (χ3n) is 4.57. The van der Waals surface area contributed by atoms with Crippen molar-refractivity contribution in [1.82, 2.24) is 10.3 Å². The number of nitrogens with one attached hydrogen (secondary N) is 2. The van der Waals surface area contributed by atoms with Gasteiger partial charge in [-0.25, -0.2) is 4.79 Å². The van der Waals surface area contributed by atoms with Crippen LogP contribution in [0.1, 0.15) is 56.3 Å². The van der Waals surface area contributed by atoms with Crippen molar-refractivity contribution in [2.75, 3.05) is 20.3 Å². The molecule has 31 heavy (non-hydrogen) atoms. The molecule has 166 valence electrons. The Morgan fingerprint density at radius 3 is 2.32 bits per heavy atom. The van der Waals surface area contributed by atoms with E-state index in [0.29, 0.717) is 29.2 Å². The number of amides is 1. The van der Waals surface area contributed by atoms with Crippen molar-refractivity contribution < 1.29 is 33.4 Å². The molecule has 1 atom stereocenters. The molecule has 0 bridgehead atoms. The molecule has 0 saturated heterocycles. The number of H-pyrrole nitrogens is 1. The number of carbonyl (C=O) groups is 4. The number of methoxy groups -OCH3 is 1. The number of aromatic amines is 1. The maximum atomic E-state index is 12.7. The summed E-state index contributed by atoms with van der Waals surface area (Å²) in [6.07, 6.45) is -1.11. The molecule has 0 aliphatic carbocycles. The lowest BCUT2D eigenvalue weighted by Crippen LogP contribution is -2.34. The van der Waals surface area contributed by atoms with E-state index in [0.717, 1.165) is 0 Å². The molecule has 2 rings (SSSR count). The Balaban J connectivity index is 1.94. The van der Waals surface area contributed by atoms with E-state index < -0.39 is 36.3 Å². The molecule has 9 heteroatoms. The van der Waals surface area contributed by atoms with Crippen molar-refractivity contribution in [1.29, 1.82) is 0 Å².